The zero-order valence-corrected chi connectivity index (χ0v) is 10.3. The van der Waals surface area contributed by atoms with Gasteiger partial charge in [0.15, 0.2) is 0 Å². The number of nitrogens with zero attached hydrogens (tertiary/aromatic N) is 1. The maximum absolute atomic E-state index is 12.1. The molecule has 0 saturated carbocycles. The van der Waals surface area contributed by atoms with E-state index in [1.165, 1.54) is 0 Å². The van der Waals surface area contributed by atoms with Gasteiger partial charge in [-0.1, -0.05) is 18.7 Å². The Morgan fingerprint density at radius 1 is 1.31 bits per heavy atom. The number of benzene rings is 1. The first kappa shape index (κ1) is 12.5. The summed E-state index contributed by atoms with van der Waals surface area (Å²) in [6.07, 6.45) is 1.77. The van der Waals surface area contributed by atoms with Crippen LogP contribution >= 0.6 is 0 Å². The van der Waals surface area contributed by atoms with Gasteiger partial charge in [0.2, 0.25) is 0 Å². The molecule has 86 valence electrons. The van der Waals surface area contributed by atoms with Crippen molar-refractivity contribution in [3.63, 3.8) is 0 Å². The Kier molecular flexibility index (Phi) is 4.29. The van der Waals surface area contributed by atoms with E-state index < -0.39 is 0 Å². The lowest BCUT2D eigenvalue weighted by atomic mass is 10.1. The van der Waals surface area contributed by atoms with Crippen LogP contribution in [0.1, 0.15) is 35.3 Å². The van der Waals surface area contributed by atoms with E-state index in [-0.39, 0.29) is 5.91 Å². The third kappa shape index (κ3) is 2.72. The lowest BCUT2D eigenvalue weighted by Crippen LogP contribution is -2.30. The number of hydrogen-bond donors (Lipinski definition) is 0. The Morgan fingerprint density at radius 2 is 1.94 bits per heavy atom. The zero-order valence-electron chi connectivity index (χ0n) is 10.3. The van der Waals surface area contributed by atoms with E-state index in [0.29, 0.717) is 0 Å². The molecule has 0 radical (unpaired) electrons. The molecule has 1 rings (SSSR count). The van der Waals surface area contributed by atoms with Crippen molar-refractivity contribution in [3.05, 3.63) is 41.5 Å². The van der Waals surface area contributed by atoms with E-state index in [1.807, 2.05) is 43.9 Å². The summed E-state index contributed by atoms with van der Waals surface area (Å²) in [6.45, 7) is 11.2. The van der Waals surface area contributed by atoms with E-state index in [9.17, 15) is 4.79 Å². The van der Waals surface area contributed by atoms with Crippen LogP contribution in [0.15, 0.2) is 24.8 Å². The fraction of sp³-hybridized carbons (Fsp3) is 0.357. The molecular weight excluding hydrogens is 198 g/mol. The minimum absolute atomic E-state index is 0.0943. The molecule has 1 amide bonds. The predicted molar refractivity (Wildman–Crippen MR) is 68.5 cm³/mol. The van der Waals surface area contributed by atoms with E-state index >= 15 is 0 Å². The molecule has 0 N–H and O–H groups in total. The van der Waals surface area contributed by atoms with Gasteiger partial charge in [0.1, 0.15) is 0 Å². The highest BCUT2D eigenvalue weighted by molar-refractivity contribution is 5.95. The van der Waals surface area contributed by atoms with Gasteiger partial charge < -0.3 is 4.90 Å². The first-order valence-corrected chi connectivity index (χ1v) is 5.65. The first-order chi connectivity index (χ1) is 7.62. The number of amides is 1. The quantitative estimate of drug-likeness (QED) is 0.758. The highest BCUT2D eigenvalue weighted by Gasteiger charge is 2.12. The van der Waals surface area contributed by atoms with Gasteiger partial charge in [-0.15, -0.1) is 0 Å². The monoisotopic (exact) mass is 217 g/mol. The van der Waals surface area contributed by atoms with Crippen LogP contribution in [0.4, 0.5) is 0 Å². The molecule has 0 saturated heterocycles. The van der Waals surface area contributed by atoms with Crippen LogP contribution in [0.5, 0.6) is 0 Å². The van der Waals surface area contributed by atoms with E-state index in [4.69, 9.17) is 0 Å². The molecule has 0 spiro atoms. The van der Waals surface area contributed by atoms with Gasteiger partial charge >= 0.3 is 0 Å². The SMILES string of the molecule is C=Cc1cc(C)cc(C(=O)N(CC)CC)c1. The molecule has 1 aromatic rings. The van der Waals surface area contributed by atoms with Crippen LogP contribution in [-0.4, -0.2) is 23.9 Å². The van der Waals surface area contributed by atoms with Crippen LogP contribution in [0.25, 0.3) is 6.08 Å². The van der Waals surface area contributed by atoms with Crippen molar-refractivity contribution in [2.45, 2.75) is 20.8 Å². The average molecular weight is 217 g/mol. The van der Waals surface area contributed by atoms with Crippen LogP contribution in [0.3, 0.4) is 0 Å². The van der Waals surface area contributed by atoms with Gasteiger partial charge in [0, 0.05) is 18.7 Å². The van der Waals surface area contributed by atoms with E-state index in [2.05, 4.69) is 6.58 Å². The highest BCUT2D eigenvalue weighted by atomic mass is 16.2. The van der Waals surface area contributed by atoms with Gasteiger partial charge in [-0.25, -0.2) is 0 Å². The molecule has 0 heterocycles. The van der Waals surface area contributed by atoms with Gasteiger partial charge in [-0.05, 0) is 44.0 Å². The minimum atomic E-state index is 0.0943. The minimum Gasteiger partial charge on any atom is -0.339 e. The second-order valence-corrected chi connectivity index (χ2v) is 3.81. The Hall–Kier alpha value is -1.57. The zero-order chi connectivity index (χ0) is 12.1. The van der Waals surface area contributed by atoms with Crippen LogP contribution in [0.2, 0.25) is 0 Å². The summed E-state index contributed by atoms with van der Waals surface area (Å²) in [5, 5.41) is 0. The third-order valence-corrected chi connectivity index (χ3v) is 2.63. The lowest BCUT2D eigenvalue weighted by molar-refractivity contribution is 0.0773. The standard InChI is InChI=1S/C14H19NO/c1-5-12-8-11(4)9-13(10-12)14(16)15(6-2)7-3/h5,8-10H,1,6-7H2,2-4H3. The van der Waals surface area contributed by atoms with Crippen molar-refractivity contribution in [1.29, 1.82) is 0 Å². The second kappa shape index (κ2) is 5.50. The molecule has 0 aromatic heterocycles. The fourth-order valence-electron chi connectivity index (χ4n) is 1.75. The topological polar surface area (TPSA) is 20.3 Å². The smallest absolute Gasteiger partial charge is 0.253 e. The third-order valence-electron chi connectivity index (χ3n) is 2.63. The maximum Gasteiger partial charge on any atom is 0.253 e. The lowest BCUT2D eigenvalue weighted by Gasteiger charge is -2.19. The maximum atomic E-state index is 12.1. The first-order valence-electron chi connectivity index (χ1n) is 5.65. The Bertz CT molecular complexity index is 392. The number of rotatable bonds is 4. The highest BCUT2D eigenvalue weighted by Crippen LogP contribution is 2.13. The van der Waals surface area contributed by atoms with Crippen LogP contribution < -0.4 is 0 Å². The second-order valence-electron chi connectivity index (χ2n) is 3.81. The summed E-state index contributed by atoms with van der Waals surface area (Å²) in [6, 6.07) is 5.83. The summed E-state index contributed by atoms with van der Waals surface area (Å²) in [5.74, 6) is 0.0943. The Morgan fingerprint density at radius 3 is 2.44 bits per heavy atom. The average Bonchev–Trinajstić information content (AvgIpc) is 2.29. The molecule has 0 aliphatic heterocycles. The Labute approximate surface area is 97.6 Å². The summed E-state index contributed by atoms with van der Waals surface area (Å²) < 4.78 is 0. The summed E-state index contributed by atoms with van der Waals surface area (Å²) in [5.41, 5.74) is 2.84. The largest absolute Gasteiger partial charge is 0.339 e. The molecular formula is C14H19NO. The van der Waals surface area contributed by atoms with Gasteiger partial charge in [0.05, 0.1) is 0 Å². The van der Waals surface area contributed by atoms with Crippen molar-refractivity contribution in [2.24, 2.45) is 0 Å². The normalized spacial score (nSPS) is 9.94. The molecule has 0 fully saturated rings. The van der Waals surface area contributed by atoms with Gasteiger partial charge in [-0.2, -0.15) is 0 Å². The predicted octanol–water partition coefficient (Wildman–Crippen LogP) is 3.12. The number of carbonyl (C=O) groups excluding carboxylic acids is 1. The molecule has 0 atom stereocenters. The van der Waals surface area contributed by atoms with Crippen molar-refractivity contribution < 1.29 is 4.79 Å². The molecule has 0 bridgehead atoms. The number of hydrogen-bond acceptors (Lipinski definition) is 1. The molecule has 1 aromatic carbocycles. The van der Waals surface area contributed by atoms with Crippen LogP contribution in [-0.2, 0) is 0 Å². The molecule has 0 aliphatic rings. The van der Waals surface area contributed by atoms with E-state index in [0.717, 1.165) is 29.8 Å². The number of aryl methyl sites for hydroxylation is 1. The summed E-state index contributed by atoms with van der Waals surface area (Å²) in [7, 11) is 0. The van der Waals surface area contributed by atoms with Crippen molar-refractivity contribution >= 4 is 12.0 Å². The molecule has 0 unspecified atom stereocenters. The summed E-state index contributed by atoms with van der Waals surface area (Å²) >= 11 is 0. The number of carbonyl (C=O) groups is 1. The molecule has 0 aliphatic carbocycles. The fourth-order valence-corrected chi connectivity index (χ4v) is 1.75. The van der Waals surface area contributed by atoms with Crippen molar-refractivity contribution in [3.8, 4) is 0 Å². The van der Waals surface area contributed by atoms with Crippen LogP contribution in [0, 0.1) is 6.92 Å². The van der Waals surface area contributed by atoms with Gasteiger partial charge in [-0.3, -0.25) is 4.79 Å². The van der Waals surface area contributed by atoms with Crippen molar-refractivity contribution in [2.75, 3.05) is 13.1 Å². The molecule has 16 heavy (non-hydrogen) atoms. The molecule has 2 nitrogen and oxygen atoms in total. The Balaban J connectivity index is 3.07. The molecule has 2 heteroatoms. The summed E-state index contributed by atoms with van der Waals surface area (Å²) in [4.78, 5) is 13.9. The van der Waals surface area contributed by atoms with Gasteiger partial charge in [0.25, 0.3) is 5.91 Å². The van der Waals surface area contributed by atoms with E-state index in [1.54, 1.807) is 6.08 Å². The van der Waals surface area contributed by atoms with Crippen molar-refractivity contribution in [1.82, 2.24) is 4.90 Å².